The number of nitrogens with one attached hydrogen (secondary N) is 1. The highest BCUT2D eigenvalue weighted by atomic mass is 32.2. The summed E-state index contributed by atoms with van der Waals surface area (Å²) in [6, 6.07) is 1.83. The van der Waals surface area contributed by atoms with Crippen molar-refractivity contribution < 1.29 is 23.1 Å². The molecule has 1 saturated heterocycles. The molecule has 1 aliphatic heterocycles. The minimum absolute atomic E-state index is 0.0345. The molecule has 2 heterocycles. The number of amides is 1. The Hall–Kier alpha value is -1.28. The van der Waals surface area contributed by atoms with E-state index in [4.69, 9.17) is 0 Å². The number of carbonyl (C=O) groups is 1. The van der Waals surface area contributed by atoms with Gasteiger partial charge in [0.25, 0.3) is 5.91 Å². The molecule has 0 radical (unpaired) electrons. The lowest BCUT2D eigenvalue weighted by molar-refractivity contribution is -0.141. The lowest BCUT2D eigenvalue weighted by Crippen LogP contribution is -2.43. The van der Waals surface area contributed by atoms with Gasteiger partial charge in [0.2, 0.25) is 0 Å². The first kappa shape index (κ1) is 15.1. The van der Waals surface area contributed by atoms with Gasteiger partial charge < -0.3 is 10.4 Å². The quantitative estimate of drug-likeness (QED) is 0.892. The molecule has 0 bridgehead atoms. The van der Waals surface area contributed by atoms with Crippen molar-refractivity contribution in [3.05, 3.63) is 29.6 Å². The van der Waals surface area contributed by atoms with Gasteiger partial charge in [-0.1, -0.05) is 0 Å². The van der Waals surface area contributed by atoms with Crippen LogP contribution in [0.3, 0.4) is 0 Å². The first-order chi connectivity index (χ1) is 9.30. The Bertz CT molecular complexity index is 484. The van der Waals surface area contributed by atoms with Gasteiger partial charge in [-0.15, -0.1) is 0 Å². The summed E-state index contributed by atoms with van der Waals surface area (Å²) in [7, 11) is 0. The van der Waals surface area contributed by atoms with E-state index in [9.17, 15) is 23.1 Å². The number of nitrogens with zero attached hydrogens (tertiary/aromatic N) is 1. The molecule has 2 N–H and O–H groups in total. The number of hydrogen-bond donors (Lipinski definition) is 2. The Kier molecular flexibility index (Phi) is 4.24. The van der Waals surface area contributed by atoms with Gasteiger partial charge in [-0.3, -0.25) is 9.78 Å². The highest BCUT2D eigenvalue weighted by Crippen LogP contribution is 2.28. The molecule has 2 rings (SSSR count). The van der Waals surface area contributed by atoms with Crippen LogP contribution >= 0.6 is 11.8 Å². The van der Waals surface area contributed by atoms with Crippen molar-refractivity contribution in [3.8, 4) is 0 Å². The average Bonchev–Trinajstić information content (AvgIpc) is 2.83. The molecule has 1 atom stereocenters. The molecule has 110 valence electrons. The standard InChI is InChI=1S/C12H13F3N2O2S/c13-12(14,15)9-2-1-8(5-16-9)10(18)17-6-11(19)3-4-20-7-11/h1-2,5,19H,3-4,6-7H2,(H,17,18). The Morgan fingerprint density at radius 2 is 2.25 bits per heavy atom. The SMILES string of the molecule is O=C(NCC1(O)CCSC1)c1ccc(C(F)(F)F)nc1. The van der Waals surface area contributed by atoms with Crippen molar-refractivity contribution in [2.24, 2.45) is 0 Å². The van der Waals surface area contributed by atoms with Crippen molar-refractivity contribution in [3.63, 3.8) is 0 Å². The fourth-order valence-electron chi connectivity index (χ4n) is 1.78. The van der Waals surface area contributed by atoms with Crippen molar-refractivity contribution in [2.45, 2.75) is 18.2 Å². The second kappa shape index (κ2) is 5.61. The molecular weight excluding hydrogens is 293 g/mol. The van der Waals surface area contributed by atoms with Crippen molar-refractivity contribution in [2.75, 3.05) is 18.1 Å². The van der Waals surface area contributed by atoms with E-state index < -0.39 is 23.4 Å². The highest BCUT2D eigenvalue weighted by molar-refractivity contribution is 7.99. The third kappa shape index (κ3) is 3.63. The number of aliphatic hydroxyl groups is 1. The van der Waals surface area contributed by atoms with Gasteiger partial charge in [-0.2, -0.15) is 24.9 Å². The first-order valence-corrected chi connectivity index (χ1v) is 7.07. The molecule has 0 aromatic carbocycles. The van der Waals surface area contributed by atoms with Crippen LogP contribution in [0, 0.1) is 0 Å². The third-order valence-electron chi connectivity index (χ3n) is 2.98. The minimum Gasteiger partial charge on any atom is -0.387 e. The maximum absolute atomic E-state index is 12.3. The summed E-state index contributed by atoms with van der Waals surface area (Å²) in [6.45, 7) is 0.0832. The van der Waals surface area contributed by atoms with Gasteiger partial charge in [0.05, 0.1) is 11.2 Å². The second-order valence-corrected chi connectivity index (χ2v) is 5.74. The molecule has 0 saturated carbocycles. The second-order valence-electron chi connectivity index (χ2n) is 4.64. The van der Waals surface area contributed by atoms with E-state index in [0.29, 0.717) is 12.2 Å². The summed E-state index contributed by atoms with van der Waals surface area (Å²) in [5.41, 5.74) is -1.94. The van der Waals surface area contributed by atoms with Crippen LogP contribution in [-0.2, 0) is 6.18 Å². The molecule has 1 aromatic heterocycles. The molecule has 1 fully saturated rings. The number of thioether (sulfide) groups is 1. The summed E-state index contributed by atoms with van der Waals surface area (Å²) in [4.78, 5) is 15.0. The predicted octanol–water partition coefficient (Wildman–Crippen LogP) is 1.70. The number of alkyl halides is 3. The normalized spacial score (nSPS) is 22.8. The predicted molar refractivity (Wildman–Crippen MR) is 68.5 cm³/mol. The van der Waals surface area contributed by atoms with Gasteiger partial charge >= 0.3 is 6.18 Å². The van der Waals surface area contributed by atoms with Crippen LogP contribution < -0.4 is 5.32 Å². The van der Waals surface area contributed by atoms with E-state index in [1.54, 1.807) is 11.8 Å². The fraction of sp³-hybridized carbons (Fsp3) is 0.500. The Morgan fingerprint density at radius 3 is 2.75 bits per heavy atom. The maximum atomic E-state index is 12.3. The molecule has 0 spiro atoms. The van der Waals surface area contributed by atoms with Crippen LogP contribution in [0.1, 0.15) is 22.5 Å². The highest BCUT2D eigenvalue weighted by Gasteiger charge is 2.33. The summed E-state index contributed by atoms with van der Waals surface area (Å²) in [5, 5.41) is 12.6. The average molecular weight is 306 g/mol. The zero-order valence-corrected chi connectivity index (χ0v) is 11.2. The first-order valence-electron chi connectivity index (χ1n) is 5.92. The van der Waals surface area contributed by atoms with Gasteiger partial charge in [0.15, 0.2) is 0 Å². The number of aromatic nitrogens is 1. The number of halogens is 3. The van der Waals surface area contributed by atoms with Gasteiger partial charge in [0, 0.05) is 18.5 Å². The molecule has 1 aliphatic rings. The van der Waals surface area contributed by atoms with E-state index in [2.05, 4.69) is 10.3 Å². The monoisotopic (exact) mass is 306 g/mol. The van der Waals surface area contributed by atoms with Gasteiger partial charge in [-0.05, 0) is 24.3 Å². The van der Waals surface area contributed by atoms with Gasteiger partial charge in [0.1, 0.15) is 5.69 Å². The lowest BCUT2D eigenvalue weighted by Gasteiger charge is -2.21. The van der Waals surface area contributed by atoms with E-state index in [1.807, 2.05) is 0 Å². The van der Waals surface area contributed by atoms with E-state index >= 15 is 0 Å². The summed E-state index contributed by atoms with van der Waals surface area (Å²) < 4.78 is 37.0. The van der Waals surface area contributed by atoms with E-state index in [0.717, 1.165) is 24.1 Å². The van der Waals surface area contributed by atoms with Gasteiger partial charge in [-0.25, -0.2) is 0 Å². The van der Waals surface area contributed by atoms with E-state index in [1.165, 1.54) is 0 Å². The molecule has 1 unspecified atom stereocenters. The Balaban J connectivity index is 1.96. The van der Waals surface area contributed by atoms with Crippen LogP contribution in [-0.4, -0.2) is 39.6 Å². The zero-order chi connectivity index (χ0) is 14.8. The molecule has 8 heteroatoms. The van der Waals surface area contributed by atoms with Crippen LogP contribution in [0.25, 0.3) is 0 Å². The van der Waals surface area contributed by atoms with E-state index in [-0.39, 0.29) is 12.1 Å². The summed E-state index contributed by atoms with van der Waals surface area (Å²) in [6.07, 6.45) is -3.06. The third-order valence-corrected chi connectivity index (χ3v) is 4.21. The molecular formula is C12H13F3N2O2S. The summed E-state index contributed by atoms with van der Waals surface area (Å²) >= 11 is 1.59. The van der Waals surface area contributed by atoms with Crippen LogP contribution in [0.2, 0.25) is 0 Å². The van der Waals surface area contributed by atoms with Crippen molar-refractivity contribution >= 4 is 17.7 Å². The molecule has 1 amide bonds. The van der Waals surface area contributed by atoms with Crippen LogP contribution in [0.5, 0.6) is 0 Å². The Morgan fingerprint density at radius 1 is 1.50 bits per heavy atom. The molecule has 0 aliphatic carbocycles. The largest absolute Gasteiger partial charge is 0.433 e. The number of rotatable bonds is 3. The lowest BCUT2D eigenvalue weighted by atomic mass is 10.0. The zero-order valence-electron chi connectivity index (χ0n) is 10.4. The van der Waals surface area contributed by atoms with Crippen molar-refractivity contribution in [1.82, 2.24) is 10.3 Å². The van der Waals surface area contributed by atoms with Crippen LogP contribution in [0.4, 0.5) is 13.2 Å². The number of carbonyl (C=O) groups excluding carboxylic acids is 1. The van der Waals surface area contributed by atoms with Crippen LogP contribution in [0.15, 0.2) is 18.3 Å². The number of pyridine rings is 1. The maximum Gasteiger partial charge on any atom is 0.433 e. The molecule has 20 heavy (non-hydrogen) atoms. The topological polar surface area (TPSA) is 62.2 Å². The Labute approximate surface area is 117 Å². The van der Waals surface area contributed by atoms with Crippen molar-refractivity contribution in [1.29, 1.82) is 0 Å². The molecule has 1 aromatic rings. The minimum atomic E-state index is -4.52. The number of hydrogen-bond acceptors (Lipinski definition) is 4. The fourth-order valence-corrected chi connectivity index (χ4v) is 3.07. The molecule has 4 nitrogen and oxygen atoms in total. The smallest absolute Gasteiger partial charge is 0.387 e. The summed E-state index contributed by atoms with van der Waals surface area (Å²) in [5.74, 6) is 0.823.